The van der Waals surface area contributed by atoms with E-state index in [0.29, 0.717) is 11.3 Å². The fourth-order valence-electron chi connectivity index (χ4n) is 4.45. The minimum absolute atomic E-state index is 0.0194. The molecule has 1 aromatic carbocycles. The first-order chi connectivity index (χ1) is 19.3. The van der Waals surface area contributed by atoms with Crippen LogP contribution < -0.4 is 9.46 Å². The van der Waals surface area contributed by atoms with Crippen LogP contribution in [0.25, 0.3) is 0 Å². The van der Waals surface area contributed by atoms with Gasteiger partial charge in [-0.3, -0.25) is 4.90 Å². The topological polar surface area (TPSA) is 135 Å². The van der Waals surface area contributed by atoms with E-state index in [1.807, 2.05) is 4.72 Å². The van der Waals surface area contributed by atoms with Gasteiger partial charge in [0.15, 0.2) is 6.10 Å². The summed E-state index contributed by atoms with van der Waals surface area (Å²) in [5.74, 6) is -6.01. The zero-order valence-corrected chi connectivity index (χ0v) is 25.1. The average Bonchev–Trinajstić information content (AvgIpc) is 3.11. The van der Waals surface area contributed by atoms with Gasteiger partial charge in [0, 0.05) is 12.5 Å². The third-order valence-corrected chi connectivity index (χ3v) is 8.08. The van der Waals surface area contributed by atoms with Crippen molar-refractivity contribution in [2.45, 2.75) is 84.1 Å². The van der Waals surface area contributed by atoms with E-state index in [1.54, 1.807) is 33.8 Å². The molecule has 3 atom stereocenters. The lowest BCUT2D eigenvalue weighted by atomic mass is 9.96. The molecule has 0 saturated carbocycles. The fraction of sp³-hybridized carbons (Fsp3) is 0.536. The van der Waals surface area contributed by atoms with Gasteiger partial charge >= 0.3 is 12.1 Å². The highest BCUT2D eigenvalue weighted by atomic mass is 32.2. The predicted molar refractivity (Wildman–Crippen MR) is 148 cm³/mol. The highest BCUT2D eigenvalue weighted by molar-refractivity contribution is 7.89. The second kappa shape index (κ2) is 12.5. The number of sulfonamides is 1. The maximum absolute atomic E-state index is 15.9. The number of pyridine rings is 1. The maximum atomic E-state index is 15.9. The molecule has 0 bridgehead atoms. The van der Waals surface area contributed by atoms with Crippen molar-refractivity contribution in [2.24, 2.45) is 0 Å². The third kappa shape index (κ3) is 8.12. The van der Waals surface area contributed by atoms with Crippen molar-refractivity contribution in [3.05, 3.63) is 58.5 Å². The Morgan fingerprint density at radius 1 is 1.21 bits per heavy atom. The van der Waals surface area contributed by atoms with Gasteiger partial charge in [-0.15, -0.1) is 0 Å². The third-order valence-electron chi connectivity index (χ3n) is 6.70. The molecule has 0 radical (unpaired) electrons. The Morgan fingerprint density at radius 2 is 1.86 bits per heavy atom. The number of benzene rings is 1. The van der Waals surface area contributed by atoms with Crippen LogP contribution in [0, 0.1) is 12.7 Å². The largest absolute Gasteiger partial charge is 0.479 e. The molecule has 42 heavy (non-hydrogen) atoms. The lowest BCUT2D eigenvalue weighted by Crippen LogP contribution is -2.53. The zero-order chi connectivity index (χ0) is 31.6. The number of nitrogens with zero attached hydrogens (tertiary/aromatic N) is 2. The number of aromatic nitrogens is 1. The number of amides is 1. The van der Waals surface area contributed by atoms with Gasteiger partial charge in [0.1, 0.15) is 17.5 Å². The number of hydrogen-bond donors (Lipinski definition) is 2. The van der Waals surface area contributed by atoms with Gasteiger partial charge in [0.05, 0.1) is 24.0 Å². The Balaban J connectivity index is 1.97. The van der Waals surface area contributed by atoms with E-state index in [2.05, 4.69) is 4.98 Å². The molecular formula is C28H36F3N3O7S. The van der Waals surface area contributed by atoms with E-state index in [0.717, 1.165) is 4.90 Å². The van der Waals surface area contributed by atoms with Crippen LogP contribution in [0.1, 0.15) is 57.0 Å². The standard InChI is InChI=1S/C28H36F3N3O7S/c1-7-42(38,39)33-24-21(34(15-28(24,30)31)26(37)41-27(4,5)6)14-19-10-8-9-18(23(19)29)13-20-16(2)11-12-22(32-20)40-17(3)25(35)36/h8-12,17,21,24,33H,7,13-15H2,1-6H3,(H,35,36)/t17-,21-,24+/m0/s1. The number of halogens is 3. The van der Waals surface area contributed by atoms with E-state index in [1.165, 1.54) is 38.1 Å². The normalized spacial score (nSPS) is 19.4. The van der Waals surface area contributed by atoms with E-state index in [9.17, 15) is 18.0 Å². The first-order valence-electron chi connectivity index (χ1n) is 13.3. The van der Waals surface area contributed by atoms with Gasteiger partial charge in [-0.05, 0) is 64.7 Å². The Morgan fingerprint density at radius 3 is 2.45 bits per heavy atom. The lowest BCUT2D eigenvalue weighted by molar-refractivity contribution is -0.144. The van der Waals surface area contributed by atoms with Crippen LogP contribution in [-0.4, -0.2) is 77.5 Å². The van der Waals surface area contributed by atoms with Crippen molar-refractivity contribution < 1.29 is 45.8 Å². The average molecular weight is 616 g/mol. The Hall–Kier alpha value is -3.39. The van der Waals surface area contributed by atoms with Gasteiger partial charge in [-0.2, -0.15) is 0 Å². The summed E-state index contributed by atoms with van der Waals surface area (Å²) in [5.41, 5.74) is 0.196. The minimum atomic E-state index is -4.12. The second-order valence-corrected chi connectivity index (χ2v) is 13.3. The number of carbonyl (C=O) groups excluding carboxylic acids is 1. The van der Waals surface area contributed by atoms with E-state index < -0.39 is 76.3 Å². The summed E-state index contributed by atoms with van der Waals surface area (Å²) >= 11 is 0. The minimum Gasteiger partial charge on any atom is -0.479 e. The van der Waals surface area contributed by atoms with Gasteiger partial charge in [0.25, 0.3) is 5.92 Å². The van der Waals surface area contributed by atoms with Crippen LogP contribution in [0.2, 0.25) is 0 Å². The Labute approximate surface area is 243 Å². The molecule has 3 rings (SSSR count). The summed E-state index contributed by atoms with van der Waals surface area (Å²) in [6, 6.07) is 4.04. The van der Waals surface area contributed by atoms with Crippen LogP contribution in [-0.2, 0) is 32.4 Å². The molecule has 1 saturated heterocycles. The molecule has 1 amide bonds. The highest BCUT2D eigenvalue weighted by Crippen LogP contribution is 2.36. The smallest absolute Gasteiger partial charge is 0.410 e. The summed E-state index contributed by atoms with van der Waals surface area (Å²) in [7, 11) is -4.12. The van der Waals surface area contributed by atoms with Crippen LogP contribution in [0.3, 0.4) is 0 Å². The Bertz CT molecular complexity index is 1430. The van der Waals surface area contributed by atoms with Gasteiger partial charge in [0.2, 0.25) is 15.9 Å². The Kier molecular flexibility index (Phi) is 9.82. The van der Waals surface area contributed by atoms with Crippen molar-refractivity contribution >= 4 is 22.1 Å². The quantitative estimate of drug-likeness (QED) is 0.409. The first-order valence-corrected chi connectivity index (χ1v) is 15.0. The molecule has 0 spiro atoms. The summed E-state index contributed by atoms with van der Waals surface area (Å²) in [6.45, 7) is 7.94. The number of aliphatic carboxylic acids is 1. The van der Waals surface area contributed by atoms with Crippen molar-refractivity contribution in [3.8, 4) is 5.88 Å². The molecule has 2 heterocycles. The molecule has 1 fully saturated rings. The summed E-state index contributed by atoms with van der Waals surface area (Å²) in [6.07, 6.45) is -2.71. The van der Waals surface area contributed by atoms with E-state index in [4.69, 9.17) is 14.6 Å². The molecule has 232 valence electrons. The molecule has 1 aliphatic heterocycles. The van der Waals surface area contributed by atoms with Gasteiger partial charge in [-0.25, -0.2) is 40.9 Å². The first kappa shape index (κ1) is 33.1. The SMILES string of the molecule is CCS(=O)(=O)N[C@@H]1[C@H](Cc2cccc(Cc3nc(O[C@@H](C)C(=O)O)ccc3C)c2F)N(C(=O)OC(C)(C)C)CC1(F)F. The van der Waals surface area contributed by atoms with Crippen molar-refractivity contribution in [2.75, 3.05) is 12.3 Å². The summed E-state index contributed by atoms with van der Waals surface area (Å²) in [5, 5.41) is 9.10. The van der Waals surface area contributed by atoms with Crippen LogP contribution in [0.4, 0.5) is 18.0 Å². The number of likely N-dealkylation sites (tertiary alicyclic amines) is 1. The molecular weight excluding hydrogens is 579 g/mol. The number of alkyl halides is 2. The monoisotopic (exact) mass is 615 g/mol. The van der Waals surface area contributed by atoms with E-state index in [-0.39, 0.29) is 23.4 Å². The van der Waals surface area contributed by atoms with Gasteiger partial charge < -0.3 is 14.6 Å². The summed E-state index contributed by atoms with van der Waals surface area (Å²) in [4.78, 5) is 29.2. The molecule has 1 aromatic heterocycles. The zero-order valence-electron chi connectivity index (χ0n) is 24.3. The summed E-state index contributed by atoms with van der Waals surface area (Å²) < 4.78 is 83.7. The van der Waals surface area contributed by atoms with E-state index >= 15 is 13.2 Å². The highest BCUT2D eigenvalue weighted by Gasteiger charge is 2.57. The fourth-order valence-corrected chi connectivity index (χ4v) is 5.34. The molecule has 2 aromatic rings. The van der Waals surface area contributed by atoms with Crippen molar-refractivity contribution in [1.29, 1.82) is 0 Å². The number of carbonyl (C=O) groups is 2. The number of aryl methyl sites for hydroxylation is 1. The molecule has 2 N–H and O–H groups in total. The number of carboxylic acids is 1. The number of rotatable bonds is 10. The number of nitrogens with one attached hydrogen (secondary N) is 1. The molecule has 14 heteroatoms. The predicted octanol–water partition coefficient (Wildman–Crippen LogP) is 4.08. The second-order valence-electron chi connectivity index (χ2n) is 11.2. The van der Waals surface area contributed by atoms with Gasteiger partial charge in [-0.1, -0.05) is 24.3 Å². The molecule has 0 unspecified atom stereocenters. The number of hydrogen-bond acceptors (Lipinski definition) is 7. The molecule has 0 aliphatic carbocycles. The molecule has 10 nitrogen and oxygen atoms in total. The van der Waals surface area contributed by atoms with Crippen molar-refractivity contribution in [3.63, 3.8) is 0 Å². The van der Waals surface area contributed by atoms with Crippen LogP contribution in [0.15, 0.2) is 30.3 Å². The van der Waals surface area contributed by atoms with Crippen LogP contribution in [0.5, 0.6) is 5.88 Å². The maximum Gasteiger partial charge on any atom is 0.410 e. The molecule has 1 aliphatic rings. The lowest BCUT2D eigenvalue weighted by Gasteiger charge is -2.30. The van der Waals surface area contributed by atoms with Crippen LogP contribution >= 0.6 is 0 Å². The van der Waals surface area contributed by atoms with Crippen molar-refractivity contribution in [1.82, 2.24) is 14.6 Å². The number of carboxylic acid groups (broad SMARTS) is 1. The number of ether oxygens (including phenoxy) is 2.